The van der Waals surface area contributed by atoms with Crippen LogP contribution in [0.2, 0.25) is 0 Å². The predicted molar refractivity (Wildman–Crippen MR) is 41.1 cm³/mol. The third-order valence-corrected chi connectivity index (χ3v) is 1.91. The highest BCUT2D eigenvalue weighted by Crippen LogP contribution is 2.03. The molecule has 0 aromatic rings. The molecule has 1 saturated heterocycles. The van der Waals surface area contributed by atoms with Crippen LogP contribution < -0.4 is 10.6 Å². The van der Waals surface area contributed by atoms with Gasteiger partial charge in [-0.3, -0.25) is 0 Å². The Kier molecular flexibility index (Phi) is 3.12. The maximum Gasteiger partial charge on any atom is 0.0864 e. The molecule has 1 fully saturated rings. The Balaban J connectivity index is 2.27. The third kappa shape index (κ3) is 1.68. The summed E-state index contributed by atoms with van der Waals surface area (Å²) in [6.07, 6.45) is 0.370. The van der Waals surface area contributed by atoms with Gasteiger partial charge in [0.2, 0.25) is 0 Å². The molecule has 0 aliphatic carbocycles. The molecule has 10 heavy (non-hydrogen) atoms. The van der Waals surface area contributed by atoms with E-state index in [1.807, 2.05) is 14.0 Å². The van der Waals surface area contributed by atoms with Gasteiger partial charge in [0.1, 0.15) is 0 Å². The van der Waals surface area contributed by atoms with E-state index in [0.29, 0.717) is 12.1 Å². The lowest BCUT2D eigenvalue weighted by atomic mass is 10.2. The predicted octanol–water partition coefficient (Wildman–Crippen LogP) is -0.417. The summed E-state index contributed by atoms with van der Waals surface area (Å²) in [5, 5.41) is 6.48. The van der Waals surface area contributed by atoms with Crippen LogP contribution in [0.1, 0.15) is 6.92 Å². The summed E-state index contributed by atoms with van der Waals surface area (Å²) in [4.78, 5) is 0. The van der Waals surface area contributed by atoms with E-state index in [1.54, 1.807) is 0 Å². The molecular weight excluding hydrogens is 128 g/mol. The average Bonchev–Trinajstić information content (AvgIpc) is 2.36. The maximum absolute atomic E-state index is 5.48. The minimum absolute atomic E-state index is 0.370. The van der Waals surface area contributed by atoms with Crippen LogP contribution >= 0.6 is 0 Å². The fourth-order valence-corrected chi connectivity index (χ4v) is 1.33. The second-order valence-electron chi connectivity index (χ2n) is 2.55. The van der Waals surface area contributed by atoms with Crippen LogP contribution in [0.15, 0.2) is 0 Å². The van der Waals surface area contributed by atoms with Crippen LogP contribution in [0.3, 0.4) is 0 Å². The molecule has 0 unspecified atom stereocenters. The lowest BCUT2D eigenvalue weighted by Crippen LogP contribution is -2.38. The highest BCUT2D eigenvalue weighted by molar-refractivity contribution is 4.86. The molecule has 0 aromatic heterocycles. The summed E-state index contributed by atoms with van der Waals surface area (Å²) >= 11 is 0. The van der Waals surface area contributed by atoms with Crippen molar-refractivity contribution in [3.05, 3.63) is 0 Å². The Labute approximate surface area is 62.1 Å². The molecule has 60 valence electrons. The van der Waals surface area contributed by atoms with E-state index in [4.69, 9.17) is 4.74 Å². The molecule has 0 aromatic carbocycles. The Hall–Kier alpha value is -0.120. The molecule has 0 bridgehead atoms. The van der Waals surface area contributed by atoms with Gasteiger partial charge >= 0.3 is 0 Å². The van der Waals surface area contributed by atoms with E-state index in [-0.39, 0.29) is 0 Å². The molecule has 2 N–H and O–H groups in total. The summed E-state index contributed by atoms with van der Waals surface area (Å²) in [6.45, 7) is 4.86. The molecule has 2 atom stereocenters. The van der Waals surface area contributed by atoms with E-state index in [1.165, 1.54) is 0 Å². The fraction of sp³-hybridized carbons (Fsp3) is 1.00. The average molecular weight is 144 g/mol. The highest BCUT2D eigenvalue weighted by atomic mass is 16.5. The molecule has 0 saturated carbocycles. The molecule has 3 heteroatoms. The van der Waals surface area contributed by atoms with Gasteiger partial charge in [-0.2, -0.15) is 0 Å². The first-order valence-corrected chi connectivity index (χ1v) is 3.88. The second kappa shape index (κ2) is 3.91. The van der Waals surface area contributed by atoms with Gasteiger partial charge in [-0.1, -0.05) is 0 Å². The van der Waals surface area contributed by atoms with Crippen molar-refractivity contribution >= 4 is 0 Å². The van der Waals surface area contributed by atoms with Crippen LogP contribution in [0, 0.1) is 0 Å². The van der Waals surface area contributed by atoms with Crippen molar-refractivity contribution in [3.63, 3.8) is 0 Å². The Morgan fingerprint density at radius 1 is 1.60 bits per heavy atom. The van der Waals surface area contributed by atoms with Gasteiger partial charge in [0.15, 0.2) is 0 Å². The van der Waals surface area contributed by atoms with Crippen molar-refractivity contribution in [2.45, 2.75) is 19.1 Å². The summed E-state index contributed by atoms with van der Waals surface area (Å²) < 4.78 is 5.48. The smallest absolute Gasteiger partial charge is 0.0864 e. The normalized spacial score (nSPS) is 33.0. The third-order valence-electron chi connectivity index (χ3n) is 1.91. The van der Waals surface area contributed by atoms with Gasteiger partial charge in [-0.05, 0) is 14.0 Å². The monoisotopic (exact) mass is 144 g/mol. The molecule has 0 amide bonds. The van der Waals surface area contributed by atoms with Crippen LogP contribution in [-0.4, -0.2) is 38.9 Å². The van der Waals surface area contributed by atoms with Gasteiger partial charge in [-0.25, -0.2) is 0 Å². The number of nitrogens with one attached hydrogen (secondary N) is 2. The van der Waals surface area contributed by atoms with E-state index < -0.39 is 0 Å². The van der Waals surface area contributed by atoms with Gasteiger partial charge < -0.3 is 15.4 Å². The topological polar surface area (TPSA) is 33.3 Å². The van der Waals surface area contributed by atoms with Crippen molar-refractivity contribution in [1.29, 1.82) is 0 Å². The summed E-state index contributed by atoms with van der Waals surface area (Å²) in [7, 11) is 1.98. The van der Waals surface area contributed by atoms with Gasteiger partial charge in [-0.15, -0.1) is 0 Å². The van der Waals surface area contributed by atoms with Crippen molar-refractivity contribution in [2.75, 3.05) is 26.7 Å². The number of hydrogen-bond donors (Lipinski definition) is 2. The van der Waals surface area contributed by atoms with Crippen molar-refractivity contribution in [1.82, 2.24) is 10.6 Å². The molecule has 0 spiro atoms. The summed E-state index contributed by atoms with van der Waals surface area (Å²) in [5.74, 6) is 0. The van der Waals surface area contributed by atoms with Crippen LogP contribution in [0.5, 0.6) is 0 Å². The molecule has 0 radical (unpaired) electrons. The molecular formula is C7H16N2O. The first-order chi connectivity index (χ1) is 4.88. The lowest BCUT2D eigenvalue weighted by Gasteiger charge is -2.16. The number of hydrogen-bond acceptors (Lipinski definition) is 3. The molecule has 1 heterocycles. The quantitative estimate of drug-likeness (QED) is 0.564. The molecule has 1 rings (SSSR count). The Morgan fingerprint density at radius 3 is 3.00 bits per heavy atom. The Morgan fingerprint density at radius 2 is 2.40 bits per heavy atom. The zero-order valence-corrected chi connectivity index (χ0v) is 6.68. The van der Waals surface area contributed by atoms with E-state index in [9.17, 15) is 0 Å². The fourth-order valence-electron chi connectivity index (χ4n) is 1.33. The van der Waals surface area contributed by atoms with Crippen LogP contribution in [0.25, 0.3) is 0 Å². The second-order valence-corrected chi connectivity index (χ2v) is 2.55. The van der Waals surface area contributed by atoms with Crippen LogP contribution in [-0.2, 0) is 4.74 Å². The number of rotatable bonds is 3. The number of ether oxygens (including phenoxy) is 1. The van der Waals surface area contributed by atoms with E-state index >= 15 is 0 Å². The molecule has 3 nitrogen and oxygen atoms in total. The first-order valence-electron chi connectivity index (χ1n) is 3.88. The first kappa shape index (κ1) is 7.98. The van der Waals surface area contributed by atoms with E-state index in [2.05, 4.69) is 10.6 Å². The highest BCUT2D eigenvalue weighted by Gasteiger charge is 2.25. The Bertz CT molecular complexity index is 97.6. The largest absolute Gasteiger partial charge is 0.376 e. The standard InChI is InChI=1S/C7H16N2O/c1-3-10-7-5-9-4-6(7)8-2/h6-9H,3-5H2,1-2H3/t6-,7+/m0/s1. The minimum Gasteiger partial charge on any atom is -0.376 e. The summed E-state index contributed by atoms with van der Waals surface area (Å²) in [5.41, 5.74) is 0. The minimum atomic E-state index is 0.370. The van der Waals surface area contributed by atoms with Gasteiger partial charge in [0, 0.05) is 25.7 Å². The van der Waals surface area contributed by atoms with E-state index in [0.717, 1.165) is 19.7 Å². The zero-order chi connectivity index (χ0) is 7.40. The van der Waals surface area contributed by atoms with Gasteiger partial charge in [0.05, 0.1) is 6.10 Å². The lowest BCUT2D eigenvalue weighted by molar-refractivity contribution is 0.0605. The van der Waals surface area contributed by atoms with Crippen LogP contribution in [0.4, 0.5) is 0 Å². The SMILES string of the molecule is CCO[C@@H]1CNC[C@@H]1NC. The molecule has 1 aliphatic rings. The van der Waals surface area contributed by atoms with Crippen molar-refractivity contribution < 1.29 is 4.74 Å². The zero-order valence-electron chi connectivity index (χ0n) is 6.68. The van der Waals surface area contributed by atoms with Crippen molar-refractivity contribution in [3.8, 4) is 0 Å². The van der Waals surface area contributed by atoms with Crippen molar-refractivity contribution in [2.24, 2.45) is 0 Å². The summed E-state index contributed by atoms with van der Waals surface area (Å²) in [6, 6.07) is 0.500. The molecule has 1 aliphatic heterocycles. The maximum atomic E-state index is 5.48. The number of likely N-dealkylation sites (N-methyl/N-ethyl adjacent to an activating group) is 1. The van der Waals surface area contributed by atoms with Gasteiger partial charge in [0.25, 0.3) is 0 Å².